The van der Waals surface area contributed by atoms with Crippen LogP contribution < -0.4 is 15.4 Å². The molecule has 0 aliphatic carbocycles. The highest BCUT2D eigenvalue weighted by Gasteiger charge is 2.17. The van der Waals surface area contributed by atoms with Crippen LogP contribution in [0.4, 0.5) is 11.4 Å². The molecular formula is C15H25N3O2. The summed E-state index contributed by atoms with van der Waals surface area (Å²) in [6, 6.07) is 5.96. The number of ether oxygens (including phenoxy) is 1. The minimum absolute atomic E-state index is 0.224. The van der Waals surface area contributed by atoms with Crippen LogP contribution in [0, 0.1) is 0 Å². The topological polar surface area (TPSA) is 62.0 Å². The molecule has 112 valence electrons. The molecule has 5 heteroatoms. The minimum atomic E-state index is 0.224. The highest BCUT2D eigenvalue weighted by Crippen LogP contribution is 2.32. The number of aliphatic hydroxyl groups excluding tert-OH is 1. The van der Waals surface area contributed by atoms with Crippen molar-refractivity contribution in [3.05, 3.63) is 18.2 Å². The van der Waals surface area contributed by atoms with E-state index in [0.29, 0.717) is 6.61 Å². The summed E-state index contributed by atoms with van der Waals surface area (Å²) in [5.74, 6) is 0.765. The number of hydrogen-bond acceptors (Lipinski definition) is 5. The Bertz CT molecular complexity index is 426. The van der Waals surface area contributed by atoms with E-state index in [9.17, 15) is 0 Å². The van der Waals surface area contributed by atoms with E-state index in [0.717, 1.165) is 56.3 Å². The maximum absolute atomic E-state index is 9.04. The van der Waals surface area contributed by atoms with E-state index in [-0.39, 0.29) is 6.61 Å². The molecule has 1 saturated heterocycles. The van der Waals surface area contributed by atoms with E-state index in [2.05, 4.69) is 15.9 Å². The monoisotopic (exact) mass is 279 g/mol. The second-order valence-corrected chi connectivity index (χ2v) is 5.03. The molecule has 5 nitrogen and oxygen atoms in total. The van der Waals surface area contributed by atoms with Crippen LogP contribution in [0.1, 0.15) is 13.3 Å². The molecule has 0 aromatic heterocycles. The first-order valence-corrected chi connectivity index (χ1v) is 7.35. The van der Waals surface area contributed by atoms with Gasteiger partial charge >= 0.3 is 0 Å². The van der Waals surface area contributed by atoms with E-state index >= 15 is 0 Å². The van der Waals surface area contributed by atoms with Crippen molar-refractivity contribution >= 4 is 11.4 Å². The van der Waals surface area contributed by atoms with Crippen molar-refractivity contribution in [3.8, 4) is 5.75 Å². The molecule has 0 radical (unpaired) electrons. The predicted molar refractivity (Wildman–Crippen MR) is 82.4 cm³/mol. The maximum Gasteiger partial charge on any atom is 0.144 e. The number of rotatable bonds is 5. The fourth-order valence-corrected chi connectivity index (χ4v) is 2.67. The Balaban J connectivity index is 2.09. The van der Waals surface area contributed by atoms with Gasteiger partial charge in [-0.1, -0.05) is 6.07 Å². The van der Waals surface area contributed by atoms with Crippen LogP contribution in [0.3, 0.4) is 0 Å². The first-order valence-electron chi connectivity index (χ1n) is 7.35. The van der Waals surface area contributed by atoms with Crippen molar-refractivity contribution in [1.82, 2.24) is 4.90 Å². The van der Waals surface area contributed by atoms with Crippen LogP contribution >= 0.6 is 0 Å². The Morgan fingerprint density at radius 1 is 1.25 bits per heavy atom. The minimum Gasteiger partial charge on any atom is -0.492 e. The van der Waals surface area contributed by atoms with Gasteiger partial charge in [-0.15, -0.1) is 0 Å². The molecule has 3 N–H and O–H groups in total. The van der Waals surface area contributed by atoms with Crippen molar-refractivity contribution in [1.29, 1.82) is 0 Å². The lowest BCUT2D eigenvalue weighted by molar-refractivity contribution is 0.204. The van der Waals surface area contributed by atoms with Gasteiger partial charge in [-0.25, -0.2) is 0 Å². The van der Waals surface area contributed by atoms with Gasteiger partial charge in [-0.3, -0.25) is 4.90 Å². The average Bonchev–Trinajstić information content (AvgIpc) is 2.68. The van der Waals surface area contributed by atoms with Gasteiger partial charge in [0.15, 0.2) is 0 Å². The molecular weight excluding hydrogens is 254 g/mol. The normalized spacial score (nSPS) is 17.0. The number of nitrogens with zero attached hydrogens (tertiary/aromatic N) is 2. The zero-order chi connectivity index (χ0) is 14.4. The van der Waals surface area contributed by atoms with Crippen LogP contribution in [0.15, 0.2) is 18.2 Å². The van der Waals surface area contributed by atoms with Gasteiger partial charge in [-0.05, 0) is 32.0 Å². The Hall–Kier alpha value is -1.46. The van der Waals surface area contributed by atoms with Gasteiger partial charge in [0.1, 0.15) is 5.75 Å². The number of β-amino-alcohol motifs (C(OH)–C–C–N with tert-alkyl or cyclic N) is 1. The lowest BCUT2D eigenvalue weighted by atomic mass is 10.2. The van der Waals surface area contributed by atoms with E-state index in [1.54, 1.807) is 0 Å². The quantitative estimate of drug-likeness (QED) is 0.792. The summed E-state index contributed by atoms with van der Waals surface area (Å²) >= 11 is 0. The first kappa shape index (κ1) is 14.9. The molecule has 1 aromatic rings. The molecule has 20 heavy (non-hydrogen) atoms. The van der Waals surface area contributed by atoms with E-state index in [4.69, 9.17) is 15.6 Å². The molecule has 0 saturated carbocycles. The number of nitrogens with two attached hydrogens (primary N) is 1. The summed E-state index contributed by atoms with van der Waals surface area (Å²) in [4.78, 5) is 4.61. The summed E-state index contributed by atoms with van der Waals surface area (Å²) in [5.41, 5.74) is 8.01. The Kier molecular flexibility index (Phi) is 5.49. The van der Waals surface area contributed by atoms with Gasteiger partial charge in [-0.2, -0.15) is 0 Å². The predicted octanol–water partition coefficient (Wildman–Crippen LogP) is 1.17. The van der Waals surface area contributed by atoms with Gasteiger partial charge in [0.05, 0.1) is 24.6 Å². The molecule has 1 fully saturated rings. The first-order chi connectivity index (χ1) is 9.76. The lowest BCUT2D eigenvalue weighted by Crippen LogP contribution is -2.32. The summed E-state index contributed by atoms with van der Waals surface area (Å²) < 4.78 is 5.56. The van der Waals surface area contributed by atoms with Crippen LogP contribution in [0.25, 0.3) is 0 Å². The molecule has 0 unspecified atom stereocenters. The molecule has 1 aliphatic rings. The third kappa shape index (κ3) is 3.55. The molecule has 2 rings (SSSR count). The van der Waals surface area contributed by atoms with Crippen molar-refractivity contribution in [2.24, 2.45) is 0 Å². The number of aliphatic hydroxyl groups is 1. The molecule has 1 aromatic carbocycles. The van der Waals surface area contributed by atoms with Crippen LogP contribution in [0.5, 0.6) is 5.75 Å². The SMILES string of the molecule is CCOc1cccc(N2CCCN(CCO)CC2)c1N. The van der Waals surface area contributed by atoms with Crippen molar-refractivity contribution in [2.45, 2.75) is 13.3 Å². The van der Waals surface area contributed by atoms with E-state index < -0.39 is 0 Å². The van der Waals surface area contributed by atoms with E-state index in [1.165, 1.54) is 0 Å². The second kappa shape index (κ2) is 7.36. The summed E-state index contributed by atoms with van der Waals surface area (Å²) in [6.45, 7) is 7.47. The van der Waals surface area contributed by atoms with Crippen molar-refractivity contribution in [3.63, 3.8) is 0 Å². The number of benzene rings is 1. The van der Waals surface area contributed by atoms with Crippen LogP contribution in [0.2, 0.25) is 0 Å². The van der Waals surface area contributed by atoms with Crippen molar-refractivity contribution < 1.29 is 9.84 Å². The fraction of sp³-hybridized carbons (Fsp3) is 0.600. The summed E-state index contributed by atoms with van der Waals surface area (Å²) in [5, 5.41) is 9.04. The highest BCUT2D eigenvalue weighted by atomic mass is 16.5. The van der Waals surface area contributed by atoms with Gasteiger partial charge in [0.2, 0.25) is 0 Å². The molecule has 0 bridgehead atoms. The zero-order valence-electron chi connectivity index (χ0n) is 12.2. The molecule has 1 heterocycles. The largest absolute Gasteiger partial charge is 0.492 e. The fourth-order valence-electron chi connectivity index (χ4n) is 2.67. The molecule has 0 atom stereocenters. The second-order valence-electron chi connectivity index (χ2n) is 5.03. The molecule has 0 amide bonds. The molecule has 1 aliphatic heterocycles. The smallest absolute Gasteiger partial charge is 0.144 e. The van der Waals surface area contributed by atoms with Gasteiger partial charge < -0.3 is 20.5 Å². The Morgan fingerprint density at radius 3 is 2.85 bits per heavy atom. The summed E-state index contributed by atoms with van der Waals surface area (Å²) in [7, 11) is 0. The Morgan fingerprint density at radius 2 is 2.10 bits per heavy atom. The van der Waals surface area contributed by atoms with Crippen LogP contribution in [-0.4, -0.2) is 55.9 Å². The number of hydrogen-bond donors (Lipinski definition) is 2. The van der Waals surface area contributed by atoms with Gasteiger partial charge in [0.25, 0.3) is 0 Å². The van der Waals surface area contributed by atoms with Crippen LogP contribution in [-0.2, 0) is 0 Å². The molecule has 0 spiro atoms. The highest BCUT2D eigenvalue weighted by molar-refractivity contribution is 5.74. The average molecular weight is 279 g/mol. The maximum atomic E-state index is 9.04. The number of anilines is 2. The Labute approximate surface area is 120 Å². The third-order valence-electron chi connectivity index (χ3n) is 3.69. The number of para-hydroxylation sites is 1. The standard InChI is InChI=1S/C15H25N3O2/c1-2-20-14-6-3-5-13(15(14)16)18-8-4-7-17(9-10-18)11-12-19/h3,5-6,19H,2,4,7-12,16H2,1H3. The third-order valence-corrected chi connectivity index (χ3v) is 3.69. The summed E-state index contributed by atoms with van der Waals surface area (Å²) in [6.07, 6.45) is 1.08. The number of nitrogen functional groups attached to an aromatic ring is 1. The van der Waals surface area contributed by atoms with Crippen molar-refractivity contribution in [2.75, 3.05) is 56.6 Å². The van der Waals surface area contributed by atoms with Gasteiger partial charge in [0, 0.05) is 26.2 Å². The van der Waals surface area contributed by atoms with E-state index in [1.807, 2.05) is 19.1 Å². The zero-order valence-corrected chi connectivity index (χ0v) is 12.2. The lowest BCUT2D eigenvalue weighted by Gasteiger charge is -2.25.